The average Bonchev–Trinajstić information content (AvgIpc) is 2.07. The minimum absolute atomic E-state index is 0.458. The van der Waals surface area contributed by atoms with Gasteiger partial charge in [-0.15, -0.1) is 0 Å². The maximum absolute atomic E-state index is 13.0. The van der Waals surface area contributed by atoms with Gasteiger partial charge in [-0.3, -0.25) is 4.79 Å². The van der Waals surface area contributed by atoms with E-state index in [1.54, 1.807) is 0 Å². The highest BCUT2D eigenvalue weighted by Crippen LogP contribution is 2.08. The molecule has 0 aliphatic rings. The van der Waals surface area contributed by atoms with Crippen LogP contribution >= 0.6 is 0 Å². The van der Waals surface area contributed by atoms with Crippen LogP contribution in [0.2, 0.25) is 0 Å². The number of rotatable bonds is 2. The first-order chi connectivity index (χ1) is 5.66. The monoisotopic (exact) mass is 171 g/mol. The molecule has 1 heterocycles. The van der Waals surface area contributed by atoms with Crippen LogP contribution in [0.1, 0.15) is 13.3 Å². The number of hydrogen-bond acceptors (Lipinski definition) is 2. The molecule has 4 heteroatoms. The average molecular weight is 171 g/mol. The van der Waals surface area contributed by atoms with E-state index >= 15 is 0 Å². The summed E-state index contributed by atoms with van der Waals surface area (Å²) >= 11 is 0. The lowest BCUT2D eigenvalue weighted by molar-refractivity contribution is 0.383. The predicted molar refractivity (Wildman–Crippen MR) is 42.6 cm³/mol. The number of aryl methyl sites for hydroxylation is 1. The molecule has 3 nitrogen and oxygen atoms in total. The Kier molecular flexibility index (Phi) is 2.47. The summed E-state index contributed by atoms with van der Waals surface area (Å²) in [6.07, 6.45) is 2.08. The van der Waals surface area contributed by atoms with E-state index < -0.39 is 17.1 Å². The van der Waals surface area contributed by atoms with Crippen molar-refractivity contribution in [2.75, 3.05) is 0 Å². The molecule has 0 saturated carbocycles. The molecule has 66 valence electrons. The molecule has 0 radical (unpaired) electrons. The molecule has 0 aliphatic carbocycles. The van der Waals surface area contributed by atoms with Gasteiger partial charge in [0.2, 0.25) is 17.1 Å². The van der Waals surface area contributed by atoms with Crippen molar-refractivity contribution in [1.29, 1.82) is 0 Å². The van der Waals surface area contributed by atoms with Crippen LogP contribution in [-0.4, -0.2) is 9.67 Å². The minimum atomic E-state index is -0.857. The van der Waals surface area contributed by atoms with Crippen molar-refractivity contribution in [2.24, 2.45) is 0 Å². The molecule has 0 fully saturated rings. The molecular formula is C8H10FNO2. The molecule has 0 atom stereocenters. The Hall–Kier alpha value is -1.32. The lowest BCUT2D eigenvalue weighted by Crippen LogP contribution is -2.10. The first-order valence-corrected chi connectivity index (χ1v) is 3.74. The van der Waals surface area contributed by atoms with E-state index in [1.165, 1.54) is 10.8 Å². The quantitative estimate of drug-likeness (QED) is 0.677. The van der Waals surface area contributed by atoms with Gasteiger partial charge < -0.3 is 9.67 Å². The lowest BCUT2D eigenvalue weighted by atomic mass is 10.4. The lowest BCUT2D eigenvalue weighted by Gasteiger charge is -2.05. The van der Waals surface area contributed by atoms with Gasteiger partial charge in [-0.2, -0.15) is 4.39 Å². The summed E-state index contributed by atoms with van der Waals surface area (Å²) in [6, 6.07) is 1.15. The summed E-state index contributed by atoms with van der Waals surface area (Å²) in [5, 5.41) is 8.91. The van der Waals surface area contributed by atoms with Crippen LogP contribution in [0.15, 0.2) is 17.1 Å². The predicted octanol–water partition coefficient (Wildman–Crippen LogP) is 1.10. The van der Waals surface area contributed by atoms with Crippen LogP contribution in [0.4, 0.5) is 4.39 Å². The maximum Gasteiger partial charge on any atom is 0.240 e. The van der Waals surface area contributed by atoms with Gasteiger partial charge in [-0.25, -0.2) is 0 Å². The van der Waals surface area contributed by atoms with Gasteiger partial charge in [-0.1, -0.05) is 6.92 Å². The Balaban J connectivity index is 3.17. The standard InChI is InChI=1S/C8H10FNO2/c1-2-4-10-5-3-6(11)7(12)8(10)9/h3,5,12H,2,4H2,1H3. The van der Waals surface area contributed by atoms with Gasteiger partial charge in [0.05, 0.1) is 0 Å². The molecular weight excluding hydrogens is 161 g/mol. The van der Waals surface area contributed by atoms with Gasteiger partial charge in [0, 0.05) is 18.8 Å². The summed E-state index contributed by atoms with van der Waals surface area (Å²) < 4.78 is 14.2. The van der Waals surface area contributed by atoms with Crippen molar-refractivity contribution >= 4 is 0 Å². The van der Waals surface area contributed by atoms with Crippen molar-refractivity contribution in [3.8, 4) is 5.75 Å². The minimum Gasteiger partial charge on any atom is -0.501 e. The van der Waals surface area contributed by atoms with Gasteiger partial charge in [-0.05, 0) is 6.42 Å². The molecule has 1 aromatic rings. The first-order valence-electron chi connectivity index (χ1n) is 3.74. The summed E-state index contributed by atoms with van der Waals surface area (Å²) in [4.78, 5) is 10.7. The number of aromatic nitrogens is 1. The van der Waals surface area contributed by atoms with Gasteiger partial charge in [0.1, 0.15) is 0 Å². The van der Waals surface area contributed by atoms with E-state index in [4.69, 9.17) is 5.11 Å². The fraction of sp³-hybridized carbons (Fsp3) is 0.375. The van der Waals surface area contributed by atoms with Crippen molar-refractivity contribution in [3.05, 3.63) is 28.4 Å². The number of nitrogens with zero attached hydrogens (tertiary/aromatic N) is 1. The molecule has 12 heavy (non-hydrogen) atoms. The van der Waals surface area contributed by atoms with Crippen molar-refractivity contribution < 1.29 is 9.50 Å². The SMILES string of the molecule is CCCn1ccc(=O)c(O)c1F. The molecule has 0 bridgehead atoms. The fourth-order valence-corrected chi connectivity index (χ4v) is 0.953. The highest BCUT2D eigenvalue weighted by atomic mass is 19.1. The second-order valence-electron chi connectivity index (χ2n) is 2.51. The fourth-order valence-electron chi connectivity index (χ4n) is 0.953. The topological polar surface area (TPSA) is 42.2 Å². The third-order valence-electron chi connectivity index (χ3n) is 1.55. The van der Waals surface area contributed by atoms with E-state index in [-0.39, 0.29) is 0 Å². The van der Waals surface area contributed by atoms with Crippen LogP contribution < -0.4 is 5.43 Å². The van der Waals surface area contributed by atoms with Crippen molar-refractivity contribution in [1.82, 2.24) is 4.57 Å². The number of pyridine rings is 1. The number of hydrogen-bond donors (Lipinski definition) is 1. The molecule has 0 saturated heterocycles. The van der Waals surface area contributed by atoms with Gasteiger partial charge >= 0.3 is 0 Å². The second-order valence-corrected chi connectivity index (χ2v) is 2.51. The van der Waals surface area contributed by atoms with E-state index in [2.05, 4.69) is 0 Å². The molecule has 1 N–H and O–H groups in total. The zero-order valence-electron chi connectivity index (χ0n) is 6.75. The van der Waals surface area contributed by atoms with Gasteiger partial charge in [0.25, 0.3) is 0 Å². The van der Waals surface area contributed by atoms with E-state index in [1.807, 2.05) is 6.92 Å². The maximum atomic E-state index is 13.0. The normalized spacial score (nSPS) is 10.2. The smallest absolute Gasteiger partial charge is 0.240 e. The molecule has 0 spiro atoms. The van der Waals surface area contributed by atoms with Crippen molar-refractivity contribution in [3.63, 3.8) is 0 Å². The molecule has 0 aliphatic heterocycles. The summed E-state index contributed by atoms with van der Waals surface area (Å²) in [7, 11) is 0. The Labute approximate surface area is 69.1 Å². The third-order valence-corrected chi connectivity index (χ3v) is 1.55. The first kappa shape index (κ1) is 8.77. The van der Waals surface area contributed by atoms with Crippen LogP contribution in [0.25, 0.3) is 0 Å². The Morgan fingerprint density at radius 3 is 2.92 bits per heavy atom. The van der Waals surface area contributed by atoms with E-state index in [9.17, 15) is 9.18 Å². The second kappa shape index (κ2) is 3.38. The highest BCUT2D eigenvalue weighted by Gasteiger charge is 2.07. The Morgan fingerprint density at radius 1 is 1.67 bits per heavy atom. The highest BCUT2D eigenvalue weighted by molar-refractivity contribution is 5.17. The van der Waals surface area contributed by atoms with Crippen molar-refractivity contribution in [2.45, 2.75) is 19.9 Å². The van der Waals surface area contributed by atoms with Crippen LogP contribution in [0.3, 0.4) is 0 Å². The number of aromatic hydroxyl groups is 1. The van der Waals surface area contributed by atoms with Gasteiger partial charge in [0.15, 0.2) is 0 Å². The Bertz CT molecular complexity index is 332. The van der Waals surface area contributed by atoms with E-state index in [0.29, 0.717) is 6.54 Å². The molecule has 0 amide bonds. The molecule has 1 aromatic heterocycles. The third kappa shape index (κ3) is 1.47. The molecule has 0 aromatic carbocycles. The molecule has 0 unspecified atom stereocenters. The number of halogens is 1. The summed E-state index contributed by atoms with van der Waals surface area (Å²) in [6.45, 7) is 2.34. The zero-order chi connectivity index (χ0) is 9.14. The summed E-state index contributed by atoms with van der Waals surface area (Å²) in [5.41, 5.74) is -0.681. The molecule has 1 rings (SSSR count). The largest absolute Gasteiger partial charge is 0.501 e. The van der Waals surface area contributed by atoms with Crippen LogP contribution in [0.5, 0.6) is 5.75 Å². The van der Waals surface area contributed by atoms with Crippen LogP contribution in [0, 0.1) is 5.95 Å². The Morgan fingerprint density at radius 2 is 2.33 bits per heavy atom. The summed E-state index contributed by atoms with van der Waals surface area (Å²) in [5.74, 6) is -1.66. The van der Waals surface area contributed by atoms with Crippen LogP contribution in [-0.2, 0) is 6.54 Å². The van der Waals surface area contributed by atoms with E-state index in [0.717, 1.165) is 12.5 Å². The zero-order valence-corrected chi connectivity index (χ0v) is 6.75.